The lowest BCUT2D eigenvalue weighted by molar-refractivity contribution is 0.411. The molecule has 0 atom stereocenters. The Kier molecular flexibility index (Phi) is 4.45. The molecule has 1 nitrogen and oxygen atoms in total. The van der Waals surface area contributed by atoms with Crippen molar-refractivity contribution in [1.29, 1.82) is 0 Å². The summed E-state index contributed by atoms with van der Waals surface area (Å²) in [6.07, 6.45) is 5.25. The second kappa shape index (κ2) is 5.39. The van der Waals surface area contributed by atoms with Gasteiger partial charge >= 0.3 is 0 Å². The van der Waals surface area contributed by atoms with Crippen molar-refractivity contribution in [3.8, 4) is 5.75 Å². The molecule has 0 saturated carbocycles. The van der Waals surface area contributed by atoms with E-state index in [0.29, 0.717) is 0 Å². The van der Waals surface area contributed by atoms with E-state index in [4.69, 9.17) is 4.74 Å². The van der Waals surface area contributed by atoms with Crippen LogP contribution in [0.3, 0.4) is 0 Å². The average molecular weight is 302 g/mol. The van der Waals surface area contributed by atoms with Crippen LogP contribution in [0.2, 0.25) is 0 Å². The van der Waals surface area contributed by atoms with Gasteiger partial charge in [0.05, 0.1) is 7.11 Å². The maximum atomic E-state index is 5.26. The molecule has 0 spiro atoms. The Hall–Kier alpha value is -0.510. The molecule has 0 aliphatic rings. The third-order valence-electron chi connectivity index (χ3n) is 2.14. The number of benzene rings is 1. The molecule has 76 valence electrons. The first-order chi connectivity index (χ1) is 6.69. The lowest BCUT2D eigenvalue weighted by Crippen LogP contribution is -1.93. The summed E-state index contributed by atoms with van der Waals surface area (Å²) in [6.45, 7) is 4.12. The van der Waals surface area contributed by atoms with Crippen molar-refractivity contribution >= 4 is 22.6 Å². The van der Waals surface area contributed by atoms with Crippen LogP contribution in [0.1, 0.15) is 18.1 Å². The second-order valence-corrected chi connectivity index (χ2v) is 4.35. The monoisotopic (exact) mass is 302 g/mol. The van der Waals surface area contributed by atoms with Crippen molar-refractivity contribution < 1.29 is 4.74 Å². The number of hydrogen-bond donors (Lipinski definition) is 0. The van der Waals surface area contributed by atoms with Gasteiger partial charge < -0.3 is 4.74 Å². The molecule has 0 radical (unpaired) electrons. The van der Waals surface area contributed by atoms with E-state index in [1.54, 1.807) is 7.11 Å². The summed E-state index contributed by atoms with van der Waals surface area (Å²) in [5.74, 6) is 0.971. The third-order valence-corrected chi connectivity index (χ3v) is 3.14. The molecule has 1 aromatic carbocycles. The van der Waals surface area contributed by atoms with E-state index in [1.807, 2.05) is 6.92 Å². The first kappa shape index (κ1) is 11.6. The Balaban J connectivity index is 3.02. The fourth-order valence-electron chi connectivity index (χ4n) is 1.34. The molecule has 0 aliphatic heterocycles. The van der Waals surface area contributed by atoms with E-state index in [2.05, 4.69) is 53.8 Å². The summed E-state index contributed by atoms with van der Waals surface area (Å²) in [7, 11) is 1.71. The van der Waals surface area contributed by atoms with Gasteiger partial charge in [-0.1, -0.05) is 18.2 Å². The van der Waals surface area contributed by atoms with Crippen molar-refractivity contribution in [2.24, 2.45) is 0 Å². The zero-order valence-corrected chi connectivity index (χ0v) is 11.0. The lowest BCUT2D eigenvalue weighted by atomic mass is 10.1. The minimum absolute atomic E-state index is 0.971. The van der Waals surface area contributed by atoms with Crippen molar-refractivity contribution in [3.05, 3.63) is 39.0 Å². The molecule has 0 amide bonds. The van der Waals surface area contributed by atoms with Gasteiger partial charge in [-0.3, -0.25) is 0 Å². The largest absolute Gasteiger partial charge is 0.496 e. The predicted octanol–water partition coefficient (Wildman–Crippen LogP) is 3.73. The van der Waals surface area contributed by atoms with E-state index in [-0.39, 0.29) is 0 Å². The molecule has 0 N–H and O–H groups in total. The van der Waals surface area contributed by atoms with Crippen LogP contribution in [0.4, 0.5) is 0 Å². The Morgan fingerprint density at radius 2 is 2.14 bits per heavy atom. The SMILES string of the molecule is CC=CCc1cc(C)c(OC)cc1I. The van der Waals surface area contributed by atoms with Crippen LogP contribution >= 0.6 is 22.6 Å². The van der Waals surface area contributed by atoms with E-state index in [1.165, 1.54) is 14.7 Å². The minimum Gasteiger partial charge on any atom is -0.496 e. The van der Waals surface area contributed by atoms with E-state index in [9.17, 15) is 0 Å². The quantitative estimate of drug-likeness (QED) is 0.611. The zero-order valence-electron chi connectivity index (χ0n) is 8.80. The van der Waals surface area contributed by atoms with Gasteiger partial charge in [0, 0.05) is 3.57 Å². The number of aryl methyl sites for hydroxylation is 1. The molecule has 0 aromatic heterocycles. The summed E-state index contributed by atoms with van der Waals surface area (Å²) in [5, 5.41) is 0. The number of hydrogen-bond acceptors (Lipinski definition) is 1. The molecule has 0 fully saturated rings. The zero-order chi connectivity index (χ0) is 10.6. The topological polar surface area (TPSA) is 9.23 Å². The molecular formula is C12H15IO. The van der Waals surface area contributed by atoms with E-state index >= 15 is 0 Å². The highest BCUT2D eigenvalue weighted by atomic mass is 127. The van der Waals surface area contributed by atoms with Crippen LogP contribution in [-0.2, 0) is 6.42 Å². The van der Waals surface area contributed by atoms with Crippen molar-refractivity contribution in [1.82, 2.24) is 0 Å². The lowest BCUT2D eigenvalue weighted by Gasteiger charge is -2.08. The highest BCUT2D eigenvalue weighted by Gasteiger charge is 2.04. The maximum Gasteiger partial charge on any atom is 0.122 e. The first-order valence-corrected chi connectivity index (χ1v) is 5.71. The molecule has 0 aliphatic carbocycles. The summed E-state index contributed by atoms with van der Waals surface area (Å²) >= 11 is 2.35. The van der Waals surface area contributed by atoms with Crippen molar-refractivity contribution in [3.63, 3.8) is 0 Å². The van der Waals surface area contributed by atoms with Crippen LogP contribution in [0.5, 0.6) is 5.75 Å². The summed E-state index contributed by atoms with van der Waals surface area (Å²) in [4.78, 5) is 0. The maximum absolute atomic E-state index is 5.26. The fraction of sp³-hybridized carbons (Fsp3) is 0.333. The standard InChI is InChI=1S/C12H15IO/c1-4-5-6-10-7-9(2)12(14-3)8-11(10)13/h4-5,7-8H,6H2,1-3H3. The smallest absolute Gasteiger partial charge is 0.122 e. The number of methoxy groups -OCH3 is 1. The number of ether oxygens (including phenoxy) is 1. The summed E-state index contributed by atoms with van der Waals surface area (Å²) in [6, 6.07) is 4.29. The van der Waals surface area contributed by atoms with Crippen LogP contribution in [0, 0.1) is 10.5 Å². The van der Waals surface area contributed by atoms with Crippen LogP contribution in [-0.4, -0.2) is 7.11 Å². The normalized spacial score (nSPS) is 10.9. The Labute approximate surface area is 99.3 Å². The molecule has 1 rings (SSSR count). The average Bonchev–Trinajstić information content (AvgIpc) is 2.18. The second-order valence-electron chi connectivity index (χ2n) is 3.19. The van der Waals surface area contributed by atoms with Gasteiger partial charge in [-0.2, -0.15) is 0 Å². The van der Waals surface area contributed by atoms with Gasteiger partial charge in [-0.25, -0.2) is 0 Å². The molecular weight excluding hydrogens is 287 g/mol. The first-order valence-electron chi connectivity index (χ1n) is 4.63. The van der Waals surface area contributed by atoms with Gasteiger partial charge in [0.1, 0.15) is 5.75 Å². The molecule has 0 unspecified atom stereocenters. The number of halogens is 1. The molecule has 1 aromatic rings. The highest BCUT2D eigenvalue weighted by Crippen LogP contribution is 2.24. The Morgan fingerprint density at radius 3 is 2.71 bits per heavy atom. The minimum atomic E-state index is 0.971. The third kappa shape index (κ3) is 2.74. The van der Waals surface area contributed by atoms with Gasteiger partial charge in [0.15, 0.2) is 0 Å². The predicted molar refractivity (Wildman–Crippen MR) is 69.0 cm³/mol. The van der Waals surface area contributed by atoms with Gasteiger partial charge in [0.25, 0.3) is 0 Å². The Morgan fingerprint density at radius 1 is 1.43 bits per heavy atom. The van der Waals surface area contributed by atoms with Crippen molar-refractivity contribution in [2.75, 3.05) is 7.11 Å². The Bertz CT molecular complexity index is 342. The van der Waals surface area contributed by atoms with E-state index < -0.39 is 0 Å². The summed E-state index contributed by atoms with van der Waals surface area (Å²) in [5.41, 5.74) is 2.56. The van der Waals surface area contributed by atoms with Gasteiger partial charge in [-0.15, -0.1) is 0 Å². The van der Waals surface area contributed by atoms with Crippen LogP contribution < -0.4 is 4.74 Å². The number of rotatable bonds is 3. The molecule has 0 saturated heterocycles. The molecule has 0 bridgehead atoms. The number of allylic oxidation sites excluding steroid dienone is 2. The van der Waals surface area contributed by atoms with Crippen LogP contribution in [0.25, 0.3) is 0 Å². The van der Waals surface area contributed by atoms with Crippen molar-refractivity contribution in [2.45, 2.75) is 20.3 Å². The van der Waals surface area contributed by atoms with Gasteiger partial charge in [0.2, 0.25) is 0 Å². The van der Waals surface area contributed by atoms with Gasteiger partial charge in [-0.05, 0) is 60.1 Å². The highest BCUT2D eigenvalue weighted by molar-refractivity contribution is 14.1. The van der Waals surface area contributed by atoms with E-state index in [0.717, 1.165) is 12.2 Å². The van der Waals surface area contributed by atoms with Crippen LogP contribution in [0.15, 0.2) is 24.3 Å². The molecule has 2 heteroatoms. The molecule has 0 heterocycles. The fourth-order valence-corrected chi connectivity index (χ4v) is 2.00. The summed E-state index contributed by atoms with van der Waals surface area (Å²) < 4.78 is 6.53. The molecule has 14 heavy (non-hydrogen) atoms.